The lowest BCUT2D eigenvalue weighted by atomic mass is 10.1. The maximum Gasteiger partial charge on any atom is 0.155 e. The van der Waals surface area contributed by atoms with Crippen LogP contribution in [0.3, 0.4) is 0 Å². The van der Waals surface area contributed by atoms with Crippen molar-refractivity contribution in [3.63, 3.8) is 0 Å². The highest BCUT2D eigenvalue weighted by Crippen LogP contribution is 2.09. The van der Waals surface area contributed by atoms with Gasteiger partial charge in [0, 0.05) is 6.42 Å². The first-order valence-corrected chi connectivity index (χ1v) is 6.07. The zero-order chi connectivity index (χ0) is 11.4. The fourth-order valence-electron chi connectivity index (χ4n) is 1.57. The largest absolute Gasteiger partial charge is 0.295 e. The van der Waals surface area contributed by atoms with E-state index in [1.54, 1.807) is 0 Å². The second-order valence-electron chi connectivity index (χ2n) is 3.97. The van der Waals surface area contributed by atoms with E-state index in [9.17, 15) is 4.79 Å². The van der Waals surface area contributed by atoms with E-state index in [0.29, 0.717) is 6.42 Å². The average molecular weight is 208 g/mol. The molecule has 0 heterocycles. The Morgan fingerprint density at radius 3 is 1.93 bits per heavy atom. The second-order valence-corrected chi connectivity index (χ2v) is 3.97. The van der Waals surface area contributed by atoms with Crippen LogP contribution in [0.4, 0.5) is 0 Å². The molecule has 0 spiro atoms. The quantitative estimate of drug-likeness (QED) is 0.279. The summed E-state index contributed by atoms with van der Waals surface area (Å²) in [5.41, 5.74) is 0. The van der Waals surface area contributed by atoms with E-state index in [1.165, 1.54) is 44.6 Å². The number of carbonyl (C=O) groups is 1. The smallest absolute Gasteiger partial charge is 0.155 e. The maximum atomic E-state index is 10.9. The van der Waals surface area contributed by atoms with Crippen LogP contribution in [0, 0.1) is 0 Å². The van der Waals surface area contributed by atoms with Gasteiger partial charge in [0.15, 0.2) is 5.78 Å². The molecule has 0 aromatic carbocycles. The molecule has 0 rings (SSSR count). The molecule has 1 heteroatoms. The molecule has 0 saturated heterocycles. The van der Waals surface area contributed by atoms with E-state index in [1.807, 2.05) is 6.08 Å². The van der Waals surface area contributed by atoms with Gasteiger partial charge >= 0.3 is 0 Å². The summed E-state index contributed by atoms with van der Waals surface area (Å²) in [7, 11) is 0. The van der Waals surface area contributed by atoms with Gasteiger partial charge in [0.1, 0.15) is 0 Å². The molecule has 0 aliphatic carbocycles. The zero-order valence-electron chi connectivity index (χ0n) is 9.84. The van der Waals surface area contributed by atoms with Gasteiger partial charge in [-0.1, -0.05) is 44.8 Å². The molecule has 0 N–H and O–H groups in total. The highest BCUT2D eigenvalue weighted by Gasteiger charge is 1.95. The van der Waals surface area contributed by atoms with Gasteiger partial charge in [-0.25, -0.2) is 0 Å². The Labute approximate surface area is 94.3 Å². The van der Waals surface area contributed by atoms with Crippen molar-refractivity contribution in [1.82, 2.24) is 0 Å². The van der Waals surface area contributed by atoms with E-state index in [2.05, 4.69) is 13.2 Å². The van der Waals surface area contributed by atoms with Crippen LogP contribution in [0.1, 0.15) is 57.8 Å². The number of unbranched alkanes of at least 4 members (excludes halogenated alkanes) is 7. The van der Waals surface area contributed by atoms with Crippen LogP contribution in [0.2, 0.25) is 0 Å². The maximum absolute atomic E-state index is 10.9. The highest BCUT2D eigenvalue weighted by molar-refractivity contribution is 5.88. The summed E-state index contributed by atoms with van der Waals surface area (Å²) < 4.78 is 0. The third-order valence-corrected chi connectivity index (χ3v) is 2.56. The van der Waals surface area contributed by atoms with Crippen LogP contribution < -0.4 is 0 Å². The molecule has 0 aliphatic heterocycles. The highest BCUT2D eigenvalue weighted by atomic mass is 16.1. The van der Waals surface area contributed by atoms with E-state index >= 15 is 0 Å². The molecule has 0 unspecified atom stereocenters. The van der Waals surface area contributed by atoms with Gasteiger partial charge in [-0.05, 0) is 25.3 Å². The van der Waals surface area contributed by atoms with Crippen molar-refractivity contribution < 1.29 is 4.79 Å². The summed E-state index contributed by atoms with van der Waals surface area (Å²) in [6.45, 7) is 7.16. The lowest BCUT2D eigenvalue weighted by molar-refractivity contribution is -0.114. The van der Waals surface area contributed by atoms with Gasteiger partial charge in [-0.15, -0.1) is 6.58 Å². The Morgan fingerprint density at radius 2 is 1.40 bits per heavy atom. The molecule has 0 aromatic heterocycles. The number of ketones is 1. The molecular formula is C14H24O. The molecule has 0 amide bonds. The second kappa shape index (κ2) is 11.2. The number of hydrogen-bond acceptors (Lipinski definition) is 1. The Bertz CT molecular complexity index is 182. The van der Waals surface area contributed by atoms with E-state index in [-0.39, 0.29) is 5.78 Å². The predicted octanol–water partition coefficient (Wildman–Crippen LogP) is 4.44. The van der Waals surface area contributed by atoms with Crippen molar-refractivity contribution in [2.45, 2.75) is 57.8 Å². The molecule has 15 heavy (non-hydrogen) atoms. The van der Waals surface area contributed by atoms with E-state index in [4.69, 9.17) is 0 Å². The third-order valence-electron chi connectivity index (χ3n) is 2.56. The lowest BCUT2D eigenvalue weighted by Gasteiger charge is -2.00. The van der Waals surface area contributed by atoms with Crippen molar-refractivity contribution in [2.75, 3.05) is 0 Å². The summed E-state index contributed by atoms with van der Waals surface area (Å²) >= 11 is 0. The first kappa shape index (κ1) is 14.2. The Kier molecular flexibility index (Phi) is 10.6. The lowest BCUT2D eigenvalue weighted by Crippen LogP contribution is -1.91. The summed E-state index contributed by atoms with van der Waals surface area (Å²) in [6.07, 6.45) is 13.9. The van der Waals surface area contributed by atoms with Gasteiger partial charge < -0.3 is 0 Å². The van der Waals surface area contributed by atoms with Crippen LogP contribution in [0.25, 0.3) is 0 Å². The molecule has 0 aromatic rings. The van der Waals surface area contributed by atoms with Crippen LogP contribution in [-0.4, -0.2) is 5.78 Å². The first-order valence-electron chi connectivity index (χ1n) is 6.07. The number of hydrogen-bond donors (Lipinski definition) is 0. The fourth-order valence-corrected chi connectivity index (χ4v) is 1.57. The molecule has 1 nitrogen and oxygen atoms in total. The Hall–Kier alpha value is -0.850. The summed E-state index contributed by atoms with van der Waals surface area (Å²) in [6, 6.07) is 0. The molecule has 0 aliphatic rings. The minimum atomic E-state index is 0.181. The van der Waals surface area contributed by atoms with Crippen molar-refractivity contribution in [1.29, 1.82) is 0 Å². The SMILES string of the molecule is C=CCCCCCCCCCC(=O)C=C. The number of carbonyl (C=O) groups excluding carboxylic acids is 1. The van der Waals surface area contributed by atoms with Gasteiger partial charge in [-0.3, -0.25) is 4.79 Å². The molecule has 0 bridgehead atoms. The molecule has 86 valence electrons. The molecular weight excluding hydrogens is 184 g/mol. The van der Waals surface area contributed by atoms with Crippen molar-refractivity contribution in [3.8, 4) is 0 Å². The number of rotatable bonds is 11. The fraction of sp³-hybridized carbons (Fsp3) is 0.643. The van der Waals surface area contributed by atoms with Gasteiger partial charge in [-0.2, -0.15) is 0 Å². The van der Waals surface area contributed by atoms with Crippen LogP contribution in [0.15, 0.2) is 25.3 Å². The number of allylic oxidation sites excluding steroid dienone is 2. The monoisotopic (exact) mass is 208 g/mol. The van der Waals surface area contributed by atoms with Crippen molar-refractivity contribution in [2.24, 2.45) is 0 Å². The Morgan fingerprint density at radius 1 is 0.867 bits per heavy atom. The van der Waals surface area contributed by atoms with E-state index in [0.717, 1.165) is 12.8 Å². The minimum Gasteiger partial charge on any atom is -0.295 e. The average Bonchev–Trinajstić information content (AvgIpc) is 2.26. The molecule has 0 saturated carbocycles. The minimum absolute atomic E-state index is 0.181. The van der Waals surface area contributed by atoms with Gasteiger partial charge in [0.2, 0.25) is 0 Å². The predicted molar refractivity (Wildman–Crippen MR) is 67.0 cm³/mol. The Balaban J connectivity index is 3.01. The molecule has 0 fully saturated rings. The van der Waals surface area contributed by atoms with Crippen molar-refractivity contribution >= 4 is 5.78 Å². The van der Waals surface area contributed by atoms with Crippen LogP contribution in [0.5, 0.6) is 0 Å². The van der Waals surface area contributed by atoms with Crippen molar-refractivity contribution in [3.05, 3.63) is 25.3 Å². The molecule has 0 radical (unpaired) electrons. The van der Waals surface area contributed by atoms with Crippen LogP contribution >= 0.6 is 0 Å². The third kappa shape index (κ3) is 11.1. The first-order chi connectivity index (χ1) is 7.31. The summed E-state index contributed by atoms with van der Waals surface area (Å²) in [4.78, 5) is 10.9. The standard InChI is InChI=1S/C14H24O/c1-3-5-6-7-8-9-10-11-12-13-14(15)4-2/h3-4H,1-2,5-13H2. The van der Waals surface area contributed by atoms with Crippen LogP contribution in [-0.2, 0) is 4.79 Å². The topological polar surface area (TPSA) is 17.1 Å². The zero-order valence-corrected chi connectivity index (χ0v) is 9.84. The molecule has 0 atom stereocenters. The summed E-state index contributed by atoms with van der Waals surface area (Å²) in [5.74, 6) is 0.181. The van der Waals surface area contributed by atoms with Gasteiger partial charge in [0.05, 0.1) is 0 Å². The van der Waals surface area contributed by atoms with Gasteiger partial charge in [0.25, 0.3) is 0 Å². The normalized spacial score (nSPS) is 9.87. The summed E-state index contributed by atoms with van der Waals surface area (Å²) in [5, 5.41) is 0. The van der Waals surface area contributed by atoms with E-state index < -0.39 is 0 Å².